The van der Waals surface area contributed by atoms with Gasteiger partial charge in [-0.3, -0.25) is 4.90 Å². The first kappa shape index (κ1) is 32.9. The number of nitrogens with zero attached hydrogens (tertiary/aromatic N) is 4. The summed E-state index contributed by atoms with van der Waals surface area (Å²) in [7, 11) is 2.23. The maximum absolute atomic E-state index is 10.6. The summed E-state index contributed by atoms with van der Waals surface area (Å²) < 4.78 is 65.8. The molecule has 1 unspecified atom stereocenters. The van der Waals surface area contributed by atoms with E-state index in [0.717, 1.165) is 39.1 Å². The molecule has 0 amide bonds. The van der Waals surface area contributed by atoms with Crippen molar-refractivity contribution in [2.75, 3.05) is 26.7 Å². The van der Waals surface area contributed by atoms with Crippen molar-refractivity contribution in [1.82, 2.24) is 19.4 Å². The molecule has 0 fully saturated rings. The molecule has 0 aliphatic carbocycles. The summed E-state index contributed by atoms with van der Waals surface area (Å²) in [5.41, 5.74) is 1.42. The Bertz CT molecular complexity index is 972. The molecular formula is C24H32F6N4O4. The van der Waals surface area contributed by atoms with E-state index in [9.17, 15) is 26.3 Å². The molecule has 0 saturated heterocycles. The molecule has 1 aliphatic heterocycles. The van der Waals surface area contributed by atoms with Gasteiger partial charge in [0, 0.05) is 50.5 Å². The second-order valence-electron chi connectivity index (χ2n) is 8.97. The lowest BCUT2D eigenvalue weighted by molar-refractivity contribution is -0.193. The number of aliphatic carboxylic acids is 2. The van der Waals surface area contributed by atoms with E-state index in [2.05, 4.69) is 76.8 Å². The number of carboxylic acids is 2. The molecular weight excluding hydrogens is 522 g/mol. The normalized spacial score (nSPS) is 16.0. The third-order valence-electron chi connectivity index (χ3n) is 5.61. The van der Waals surface area contributed by atoms with Crippen LogP contribution in [0.1, 0.15) is 25.2 Å². The maximum Gasteiger partial charge on any atom is 0.490 e. The van der Waals surface area contributed by atoms with Crippen molar-refractivity contribution in [2.45, 2.75) is 51.8 Å². The minimum Gasteiger partial charge on any atom is -0.475 e. The quantitative estimate of drug-likeness (QED) is 0.518. The SMILES string of the molecule is CC(C)N(C)CC1CN(CCc2ccccc2)Cc2nccn2C1.O=C(O)C(F)(F)F.O=C(O)C(F)(F)F. The van der Waals surface area contributed by atoms with Crippen molar-refractivity contribution in [1.29, 1.82) is 0 Å². The van der Waals surface area contributed by atoms with Crippen LogP contribution >= 0.6 is 0 Å². The molecule has 1 aromatic heterocycles. The van der Waals surface area contributed by atoms with E-state index >= 15 is 0 Å². The molecule has 0 spiro atoms. The van der Waals surface area contributed by atoms with Crippen LogP contribution < -0.4 is 0 Å². The summed E-state index contributed by atoms with van der Waals surface area (Å²) in [5, 5.41) is 14.2. The topological polar surface area (TPSA) is 98.9 Å². The van der Waals surface area contributed by atoms with Gasteiger partial charge >= 0.3 is 24.3 Å². The zero-order valence-electron chi connectivity index (χ0n) is 21.2. The highest BCUT2D eigenvalue weighted by molar-refractivity contribution is 5.73. The van der Waals surface area contributed by atoms with Crippen molar-refractivity contribution in [2.24, 2.45) is 5.92 Å². The Morgan fingerprint density at radius 1 is 1.03 bits per heavy atom. The monoisotopic (exact) mass is 554 g/mol. The molecule has 14 heteroatoms. The average molecular weight is 555 g/mol. The highest BCUT2D eigenvalue weighted by Gasteiger charge is 2.38. The number of aromatic nitrogens is 2. The summed E-state index contributed by atoms with van der Waals surface area (Å²) in [6.45, 7) is 9.96. The lowest BCUT2D eigenvalue weighted by atomic mass is 10.1. The molecule has 2 heterocycles. The number of hydrogen-bond acceptors (Lipinski definition) is 5. The van der Waals surface area contributed by atoms with E-state index in [1.807, 2.05) is 6.20 Å². The number of imidazole rings is 1. The Hall–Kier alpha value is -3.13. The second kappa shape index (κ2) is 14.7. The number of carbonyl (C=O) groups is 2. The molecule has 1 aromatic carbocycles. The third-order valence-corrected chi connectivity index (χ3v) is 5.61. The molecule has 2 N–H and O–H groups in total. The third kappa shape index (κ3) is 12.4. The summed E-state index contributed by atoms with van der Waals surface area (Å²) in [4.78, 5) is 27.4. The number of alkyl halides is 6. The van der Waals surface area contributed by atoms with Crippen LogP contribution in [0.25, 0.3) is 0 Å². The number of benzene rings is 1. The predicted molar refractivity (Wildman–Crippen MR) is 126 cm³/mol. The Kier molecular flexibility index (Phi) is 12.7. The molecule has 3 rings (SSSR count). The Morgan fingerprint density at radius 3 is 2.03 bits per heavy atom. The minimum absolute atomic E-state index is 0.591. The van der Waals surface area contributed by atoms with E-state index < -0.39 is 24.3 Å². The van der Waals surface area contributed by atoms with Gasteiger partial charge in [0.05, 0.1) is 6.54 Å². The maximum atomic E-state index is 10.6. The molecule has 214 valence electrons. The lowest BCUT2D eigenvalue weighted by Gasteiger charge is -2.29. The van der Waals surface area contributed by atoms with Crippen LogP contribution in [0.3, 0.4) is 0 Å². The first-order valence-corrected chi connectivity index (χ1v) is 11.6. The van der Waals surface area contributed by atoms with Crippen molar-refractivity contribution >= 4 is 11.9 Å². The summed E-state index contributed by atoms with van der Waals surface area (Å²) in [6.07, 6.45) is -4.98. The van der Waals surface area contributed by atoms with Gasteiger partial charge in [-0.25, -0.2) is 14.6 Å². The van der Waals surface area contributed by atoms with E-state index in [-0.39, 0.29) is 0 Å². The standard InChI is InChI=1S/C20H30N4.2C2HF3O2/c1-17(2)22(3)13-19-14-23(11-9-18-7-5-4-6-8-18)16-20-21-10-12-24(20)15-19;2*3-2(4,5)1(6)7/h4-8,10,12,17,19H,9,11,13-16H2,1-3H3;2*(H,6,7). The first-order valence-electron chi connectivity index (χ1n) is 11.6. The van der Waals surface area contributed by atoms with Crippen LogP contribution in [0.4, 0.5) is 26.3 Å². The van der Waals surface area contributed by atoms with Crippen molar-refractivity contribution in [3.63, 3.8) is 0 Å². The molecule has 38 heavy (non-hydrogen) atoms. The zero-order valence-corrected chi connectivity index (χ0v) is 21.2. The number of halogens is 6. The number of rotatable bonds is 6. The van der Waals surface area contributed by atoms with Crippen molar-refractivity contribution in [3.8, 4) is 0 Å². The van der Waals surface area contributed by atoms with Crippen LogP contribution in [0.15, 0.2) is 42.7 Å². The van der Waals surface area contributed by atoms with Gasteiger partial charge in [0.15, 0.2) is 0 Å². The minimum atomic E-state index is -5.08. The fourth-order valence-electron chi connectivity index (χ4n) is 3.46. The van der Waals surface area contributed by atoms with E-state index in [1.165, 1.54) is 11.4 Å². The smallest absolute Gasteiger partial charge is 0.475 e. The molecule has 0 bridgehead atoms. The van der Waals surface area contributed by atoms with Gasteiger partial charge in [0.1, 0.15) is 5.82 Å². The first-order chi connectivity index (χ1) is 17.5. The summed E-state index contributed by atoms with van der Waals surface area (Å²) in [6, 6.07) is 11.4. The molecule has 1 atom stereocenters. The van der Waals surface area contributed by atoms with Gasteiger partial charge in [-0.15, -0.1) is 0 Å². The van der Waals surface area contributed by atoms with Gasteiger partial charge in [0.2, 0.25) is 0 Å². The summed E-state index contributed by atoms with van der Waals surface area (Å²) in [5.74, 6) is -3.67. The molecule has 2 aromatic rings. The van der Waals surface area contributed by atoms with Gasteiger partial charge in [-0.2, -0.15) is 26.3 Å². The van der Waals surface area contributed by atoms with Gasteiger partial charge in [0.25, 0.3) is 0 Å². The fraction of sp³-hybridized carbons (Fsp3) is 0.542. The Balaban J connectivity index is 0.000000426. The van der Waals surface area contributed by atoms with Gasteiger partial charge in [-0.1, -0.05) is 30.3 Å². The average Bonchev–Trinajstić information content (AvgIpc) is 3.16. The lowest BCUT2D eigenvalue weighted by Crippen LogP contribution is -2.38. The van der Waals surface area contributed by atoms with E-state index in [1.54, 1.807) is 0 Å². The van der Waals surface area contributed by atoms with Crippen LogP contribution in [-0.2, 0) is 29.1 Å². The van der Waals surface area contributed by atoms with Gasteiger partial charge in [-0.05, 0) is 32.9 Å². The van der Waals surface area contributed by atoms with Crippen LogP contribution in [0, 0.1) is 5.92 Å². The summed E-state index contributed by atoms with van der Waals surface area (Å²) >= 11 is 0. The number of hydrogen-bond donors (Lipinski definition) is 2. The Morgan fingerprint density at radius 2 is 1.55 bits per heavy atom. The van der Waals surface area contributed by atoms with Crippen LogP contribution in [-0.4, -0.2) is 86.6 Å². The van der Waals surface area contributed by atoms with E-state index in [4.69, 9.17) is 19.8 Å². The largest absolute Gasteiger partial charge is 0.490 e. The predicted octanol–water partition coefficient (Wildman–Crippen LogP) is 4.16. The molecule has 0 radical (unpaired) electrons. The van der Waals surface area contributed by atoms with Gasteiger partial charge < -0.3 is 19.7 Å². The molecule has 0 saturated carbocycles. The highest BCUT2D eigenvalue weighted by Crippen LogP contribution is 2.18. The van der Waals surface area contributed by atoms with Crippen molar-refractivity contribution in [3.05, 3.63) is 54.1 Å². The number of fused-ring (bicyclic) bond motifs is 1. The van der Waals surface area contributed by atoms with E-state index in [0.29, 0.717) is 12.0 Å². The van der Waals surface area contributed by atoms with Crippen LogP contribution in [0.2, 0.25) is 0 Å². The van der Waals surface area contributed by atoms with Crippen LogP contribution in [0.5, 0.6) is 0 Å². The number of carboxylic acid groups (broad SMARTS) is 2. The Labute approximate surface area is 216 Å². The molecule has 8 nitrogen and oxygen atoms in total. The van der Waals surface area contributed by atoms with Crippen molar-refractivity contribution < 1.29 is 46.1 Å². The second-order valence-corrected chi connectivity index (χ2v) is 8.97. The molecule has 1 aliphatic rings. The fourth-order valence-corrected chi connectivity index (χ4v) is 3.46. The zero-order chi connectivity index (χ0) is 29.1. The highest BCUT2D eigenvalue weighted by atomic mass is 19.4.